The Balaban J connectivity index is 1.69. The number of hydrazone groups is 1. The van der Waals surface area contributed by atoms with Gasteiger partial charge in [-0.25, -0.2) is 9.82 Å². The number of anilines is 1. The predicted octanol–water partition coefficient (Wildman–Crippen LogP) is 3.86. The fourth-order valence-electron chi connectivity index (χ4n) is 2.62. The van der Waals surface area contributed by atoms with Crippen LogP contribution in [-0.2, 0) is 7.05 Å². The van der Waals surface area contributed by atoms with E-state index in [0.717, 1.165) is 15.4 Å². The van der Waals surface area contributed by atoms with Gasteiger partial charge in [0, 0.05) is 22.5 Å². The largest absolute Gasteiger partial charge is 0.327 e. The van der Waals surface area contributed by atoms with E-state index in [2.05, 4.69) is 41.6 Å². The summed E-state index contributed by atoms with van der Waals surface area (Å²) in [6.07, 6.45) is 1.38. The van der Waals surface area contributed by atoms with E-state index >= 15 is 0 Å². The van der Waals surface area contributed by atoms with Gasteiger partial charge in [0.1, 0.15) is 11.3 Å². The quantitative estimate of drug-likeness (QED) is 0.420. The Morgan fingerprint density at radius 2 is 2.04 bits per heavy atom. The first kappa shape index (κ1) is 15.6. The molecule has 0 saturated heterocycles. The summed E-state index contributed by atoms with van der Waals surface area (Å²) in [5.41, 5.74) is 5.47. The summed E-state index contributed by atoms with van der Waals surface area (Å²) in [7, 11) is 1.92. The molecule has 0 aliphatic carbocycles. The summed E-state index contributed by atoms with van der Waals surface area (Å²) in [4.78, 5) is 4.45. The second kappa shape index (κ2) is 6.21. The molecule has 0 aliphatic heterocycles. The molecule has 0 spiro atoms. The van der Waals surface area contributed by atoms with Crippen LogP contribution in [0.2, 0.25) is 0 Å². The predicted molar refractivity (Wildman–Crippen MR) is 99.1 cm³/mol. The topological polar surface area (TPSA) is 68.0 Å². The highest BCUT2D eigenvalue weighted by molar-refractivity contribution is 9.10. The molecular weight excluding hydrogens is 387 g/mol. The van der Waals surface area contributed by atoms with Crippen LogP contribution in [0.25, 0.3) is 22.1 Å². The molecule has 0 amide bonds. The molecule has 0 fully saturated rings. The minimum absolute atomic E-state index is 0.241. The van der Waals surface area contributed by atoms with Crippen LogP contribution < -0.4 is 5.43 Å². The molecule has 4 rings (SSSR count). The Morgan fingerprint density at radius 3 is 2.88 bits per heavy atom. The van der Waals surface area contributed by atoms with Gasteiger partial charge in [-0.05, 0) is 24.3 Å². The third-order valence-electron chi connectivity index (χ3n) is 3.83. The van der Waals surface area contributed by atoms with Gasteiger partial charge >= 0.3 is 0 Å². The molecule has 1 N–H and O–H groups in total. The van der Waals surface area contributed by atoms with Crippen molar-refractivity contribution >= 4 is 50.2 Å². The molecule has 8 heteroatoms. The van der Waals surface area contributed by atoms with Crippen molar-refractivity contribution in [3.63, 3.8) is 0 Å². The average Bonchev–Trinajstić information content (AvgIpc) is 2.88. The number of benzene rings is 2. The molecule has 0 saturated carbocycles. The zero-order valence-electron chi connectivity index (χ0n) is 13.1. The molecule has 0 unspecified atom stereocenters. The van der Waals surface area contributed by atoms with Crippen molar-refractivity contribution in [1.82, 2.24) is 19.7 Å². The van der Waals surface area contributed by atoms with Gasteiger partial charge in [0.05, 0.1) is 11.7 Å². The van der Waals surface area contributed by atoms with Crippen molar-refractivity contribution in [3.05, 3.63) is 58.3 Å². The van der Waals surface area contributed by atoms with Gasteiger partial charge in [-0.2, -0.15) is 10.1 Å². The van der Waals surface area contributed by atoms with Gasteiger partial charge in [-0.15, -0.1) is 10.2 Å². The van der Waals surface area contributed by atoms with Crippen LogP contribution in [0.15, 0.2) is 52.0 Å². The van der Waals surface area contributed by atoms with Crippen LogP contribution in [0.3, 0.4) is 0 Å². The fourth-order valence-corrected chi connectivity index (χ4v) is 2.98. The number of halogens is 2. The highest BCUT2D eigenvalue weighted by atomic mass is 79.9. The van der Waals surface area contributed by atoms with E-state index in [9.17, 15) is 4.39 Å². The summed E-state index contributed by atoms with van der Waals surface area (Å²) in [5.74, 6) is -0.105. The molecule has 0 atom stereocenters. The summed E-state index contributed by atoms with van der Waals surface area (Å²) in [5, 5.41) is 13.2. The number of nitrogens with zero attached hydrogens (tertiary/aromatic N) is 5. The molecule has 6 nitrogen and oxygen atoms in total. The van der Waals surface area contributed by atoms with Crippen LogP contribution in [0.5, 0.6) is 0 Å². The fraction of sp³-hybridized carbons (Fsp3) is 0.0588. The second-order valence-electron chi connectivity index (χ2n) is 5.42. The minimum Gasteiger partial charge on any atom is -0.327 e. The standard InChI is InChI=1S/C17H12BrFN6/c1-25-14-7-6-11(18)8-12(14)15-16(25)21-17(24-22-15)23-20-9-10-4-2-3-5-13(10)19/h2-9H,1H3,(H,21,23,24)/b20-9+. The van der Waals surface area contributed by atoms with Crippen molar-refractivity contribution in [3.8, 4) is 0 Å². The lowest BCUT2D eigenvalue weighted by Gasteiger charge is -1.99. The summed E-state index contributed by atoms with van der Waals surface area (Å²) in [6, 6.07) is 12.3. The van der Waals surface area contributed by atoms with Gasteiger partial charge in [0.2, 0.25) is 0 Å². The summed E-state index contributed by atoms with van der Waals surface area (Å²) < 4.78 is 16.5. The first-order valence-corrected chi connectivity index (χ1v) is 8.25. The summed E-state index contributed by atoms with van der Waals surface area (Å²) in [6.45, 7) is 0. The maximum atomic E-state index is 13.6. The Kier molecular flexibility index (Phi) is 3.89. The normalized spacial score (nSPS) is 11.6. The van der Waals surface area contributed by atoms with E-state index in [1.54, 1.807) is 18.2 Å². The van der Waals surface area contributed by atoms with E-state index in [4.69, 9.17) is 0 Å². The molecular formula is C17H12BrFN6. The molecule has 0 radical (unpaired) electrons. The van der Waals surface area contributed by atoms with Crippen LogP contribution in [0.4, 0.5) is 10.3 Å². The van der Waals surface area contributed by atoms with Crippen LogP contribution in [0, 0.1) is 5.82 Å². The lowest BCUT2D eigenvalue weighted by molar-refractivity contribution is 0.626. The maximum Gasteiger partial charge on any atom is 0.265 e. The van der Waals surface area contributed by atoms with Crippen LogP contribution in [-0.4, -0.2) is 26.0 Å². The van der Waals surface area contributed by atoms with Crippen molar-refractivity contribution < 1.29 is 4.39 Å². The van der Waals surface area contributed by atoms with Crippen molar-refractivity contribution in [1.29, 1.82) is 0 Å². The SMILES string of the molecule is Cn1c2ccc(Br)cc2c2nnc(N/N=C/c3ccccc3F)nc21. The highest BCUT2D eigenvalue weighted by Crippen LogP contribution is 2.27. The van der Waals surface area contributed by atoms with Gasteiger partial charge < -0.3 is 4.57 Å². The van der Waals surface area contributed by atoms with Gasteiger partial charge in [-0.3, -0.25) is 0 Å². The second-order valence-corrected chi connectivity index (χ2v) is 6.34. The minimum atomic E-state index is -0.346. The van der Waals surface area contributed by atoms with Gasteiger partial charge in [0.15, 0.2) is 5.65 Å². The van der Waals surface area contributed by atoms with Crippen molar-refractivity contribution in [2.75, 3.05) is 5.43 Å². The average molecular weight is 399 g/mol. The van der Waals surface area contributed by atoms with E-state index < -0.39 is 0 Å². The van der Waals surface area contributed by atoms with Crippen LogP contribution in [0.1, 0.15) is 5.56 Å². The Labute approximate surface area is 150 Å². The molecule has 2 heterocycles. The first-order valence-electron chi connectivity index (χ1n) is 7.45. The molecule has 4 aromatic rings. The summed E-state index contributed by atoms with van der Waals surface area (Å²) >= 11 is 3.46. The van der Waals surface area contributed by atoms with Crippen molar-refractivity contribution in [2.24, 2.45) is 12.1 Å². The monoisotopic (exact) mass is 398 g/mol. The lowest BCUT2D eigenvalue weighted by atomic mass is 10.2. The van der Waals surface area contributed by atoms with E-state index in [0.29, 0.717) is 16.7 Å². The first-order chi connectivity index (χ1) is 12.1. The Bertz CT molecular complexity index is 1120. The molecule has 0 bridgehead atoms. The lowest BCUT2D eigenvalue weighted by Crippen LogP contribution is -2.01. The van der Waals surface area contributed by atoms with Gasteiger partial charge in [0.25, 0.3) is 5.95 Å². The molecule has 124 valence electrons. The molecule has 25 heavy (non-hydrogen) atoms. The maximum absolute atomic E-state index is 13.6. The Morgan fingerprint density at radius 1 is 1.20 bits per heavy atom. The molecule has 2 aromatic heterocycles. The van der Waals surface area contributed by atoms with E-state index in [1.807, 2.05) is 29.8 Å². The molecule has 2 aromatic carbocycles. The number of hydrogen-bond acceptors (Lipinski definition) is 5. The van der Waals surface area contributed by atoms with Crippen molar-refractivity contribution in [2.45, 2.75) is 0 Å². The van der Waals surface area contributed by atoms with Gasteiger partial charge in [-0.1, -0.05) is 34.1 Å². The number of nitrogens with one attached hydrogen (secondary N) is 1. The number of rotatable bonds is 3. The smallest absolute Gasteiger partial charge is 0.265 e. The molecule has 0 aliphatic rings. The number of fused-ring (bicyclic) bond motifs is 3. The number of hydrogen-bond donors (Lipinski definition) is 1. The number of aromatic nitrogens is 4. The third kappa shape index (κ3) is 2.85. The Hall–Kier alpha value is -2.87. The van der Waals surface area contributed by atoms with Crippen LogP contribution >= 0.6 is 15.9 Å². The zero-order chi connectivity index (χ0) is 17.4. The zero-order valence-corrected chi connectivity index (χ0v) is 14.7. The highest BCUT2D eigenvalue weighted by Gasteiger charge is 2.12. The number of aryl methyl sites for hydroxylation is 1. The van der Waals surface area contributed by atoms with E-state index in [-0.39, 0.29) is 11.8 Å². The van der Waals surface area contributed by atoms with E-state index in [1.165, 1.54) is 12.3 Å². The third-order valence-corrected chi connectivity index (χ3v) is 4.33.